The van der Waals surface area contributed by atoms with Crippen molar-refractivity contribution in [3.63, 3.8) is 0 Å². The molecule has 0 aliphatic carbocycles. The van der Waals surface area contributed by atoms with Gasteiger partial charge >= 0.3 is 6.18 Å². The van der Waals surface area contributed by atoms with Gasteiger partial charge in [0.1, 0.15) is 6.54 Å². The van der Waals surface area contributed by atoms with E-state index in [1.54, 1.807) is 0 Å². The highest BCUT2D eigenvalue weighted by molar-refractivity contribution is 7.98. The molecule has 1 aliphatic heterocycles. The Bertz CT molecular complexity index is 2840. The number of hydrogen-bond acceptors (Lipinski definition) is 5. The summed E-state index contributed by atoms with van der Waals surface area (Å²) in [4.78, 5) is 28.5. The Balaban J connectivity index is 1.59. The molecule has 1 fully saturated rings. The van der Waals surface area contributed by atoms with Crippen LogP contribution in [0.4, 0.5) is 22.0 Å². The Kier molecular flexibility index (Phi) is 6.91. The van der Waals surface area contributed by atoms with Crippen LogP contribution in [0.1, 0.15) is 65.7 Å². The Hall–Kier alpha value is -4.52. The van der Waals surface area contributed by atoms with Gasteiger partial charge in [-0.2, -0.15) is 13.2 Å². The topological polar surface area (TPSA) is 54.8 Å². The molecule has 2 heterocycles. The Labute approximate surface area is 333 Å². The summed E-state index contributed by atoms with van der Waals surface area (Å²) in [6, 6.07) is 9.81. The van der Waals surface area contributed by atoms with Crippen LogP contribution in [0.25, 0.3) is 22.0 Å². The lowest BCUT2D eigenvalue weighted by molar-refractivity contribution is -0.138. The van der Waals surface area contributed by atoms with E-state index in [2.05, 4.69) is 4.74 Å². The van der Waals surface area contributed by atoms with E-state index in [4.69, 9.17) is 15.1 Å². The van der Waals surface area contributed by atoms with Crippen molar-refractivity contribution >= 4 is 28.6 Å². The van der Waals surface area contributed by atoms with Crippen molar-refractivity contribution in [3.05, 3.63) is 136 Å². The molecule has 0 radical (unpaired) electrons. The number of likely N-dealkylation sites (tertiary alicyclic amines) is 1. The summed E-state index contributed by atoms with van der Waals surface area (Å²) in [6.45, 7) is -14.2. The van der Waals surface area contributed by atoms with Crippen LogP contribution in [0.3, 0.4) is 0 Å². The molecular weight excluding hydrogens is 710 g/mol. The molecule has 5 aromatic rings. The first-order chi connectivity index (χ1) is 31.8. The van der Waals surface area contributed by atoms with E-state index >= 15 is 9.18 Å². The molecule has 0 saturated carbocycles. The van der Waals surface area contributed by atoms with Gasteiger partial charge in [-0.3, -0.25) is 9.59 Å². The molecule has 0 spiro atoms. The van der Waals surface area contributed by atoms with Crippen molar-refractivity contribution in [1.29, 1.82) is 0 Å². The normalized spacial score (nSPS) is 25.3. The summed E-state index contributed by atoms with van der Waals surface area (Å²) in [6.07, 6.45) is -13.3. The number of piperidine rings is 1. The van der Waals surface area contributed by atoms with E-state index in [-0.39, 0.29) is 43.6 Å². The quantitative estimate of drug-likeness (QED) is 0.0938. The first-order valence-electron chi connectivity index (χ1n) is 24.1. The fourth-order valence-corrected chi connectivity index (χ4v) is 6.21. The summed E-state index contributed by atoms with van der Waals surface area (Å²) in [5, 5.41) is -0.669. The molecule has 1 atom stereocenters. The van der Waals surface area contributed by atoms with Crippen molar-refractivity contribution in [3.8, 4) is 11.1 Å². The predicted octanol–water partition coefficient (Wildman–Crippen LogP) is 8.96. The summed E-state index contributed by atoms with van der Waals surface area (Å²) in [7, 11) is -3.55. The third kappa shape index (κ3) is 8.83. The molecule has 1 aliphatic rings. The van der Waals surface area contributed by atoms with Gasteiger partial charge in [-0.1, -0.05) is 60.7 Å². The Morgan fingerprint density at radius 3 is 2.40 bits per heavy atom. The molecule has 53 heavy (non-hydrogen) atoms. The number of benzene rings is 4. The van der Waals surface area contributed by atoms with E-state index in [0.717, 1.165) is 66.1 Å². The molecule has 12 heteroatoms. The van der Waals surface area contributed by atoms with Gasteiger partial charge in [0.15, 0.2) is 17.1 Å². The zero-order valence-electron chi connectivity index (χ0n) is 44.5. The van der Waals surface area contributed by atoms with Gasteiger partial charge in [-0.15, -0.1) is 11.8 Å². The van der Waals surface area contributed by atoms with E-state index in [9.17, 15) is 30.6 Å². The van der Waals surface area contributed by atoms with Crippen molar-refractivity contribution in [1.82, 2.24) is 14.4 Å². The van der Waals surface area contributed by atoms with Gasteiger partial charge in [0.05, 0.1) is 38.3 Å². The molecule has 1 amide bonds. The average Bonchev–Trinajstić information content (AvgIpc) is 3.23. The fraction of sp³-hybridized carbons (Fsp3) is 0.317. The number of ether oxygens (including phenoxy) is 1. The fourth-order valence-electron chi connectivity index (χ4n) is 5.40. The molecule has 1 unspecified atom stereocenters. The highest BCUT2D eigenvalue weighted by atomic mass is 32.2. The number of hydrogen-bond donors (Lipinski definition) is 0. The van der Waals surface area contributed by atoms with Crippen LogP contribution in [-0.2, 0) is 28.0 Å². The van der Waals surface area contributed by atoms with Crippen molar-refractivity contribution in [2.24, 2.45) is 0 Å². The lowest BCUT2D eigenvalue weighted by Crippen LogP contribution is -2.49. The maximum absolute atomic E-state index is 15.5. The van der Waals surface area contributed by atoms with Crippen molar-refractivity contribution in [2.75, 3.05) is 33.1 Å². The zero-order valence-corrected chi connectivity index (χ0v) is 28.3. The van der Waals surface area contributed by atoms with Crippen molar-refractivity contribution < 1.29 is 54.8 Å². The van der Waals surface area contributed by atoms with Gasteiger partial charge in [-0.25, -0.2) is 8.78 Å². The van der Waals surface area contributed by atoms with Crippen LogP contribution >= 0.6 is 11.8 Å². The number of fused-ring (bicyclic) bond motifs is 1. The summed E-state index contributed by atoms with van der Waals surface area (Å²) >= 11 is 0.0803. The minimum absolute atomic E-state index is 0.0803. The first-order valence-corrected chi connectivity index (χ1v) is 16.4. The number of carbonyl (C=O) groups excluding carboxylic acids is 1. The third-order valence-electron chi connectivity index (χ3n) is 8.06. The zero-order chi connectivity index (χ0) is 52.8. The lowest BCUT2D eigenvalue weighted by Gasteiger charge is -2.42. The van der Waals surface area contributed by atoms with Crippen LogP contribution < -0.4 is 5.43 Å². The second kappa shape index (κ2) is 16.7. The largest absolute Gasteiger partial charge is 0.416 e. The Morgan fingerprint density at radius 1 is 1.04 bits per heavy atom. The predicted molar refractivity (Wildman–Crippen MR) is 198 cm³/mol. The average molecular weight is 767 g/mol. The summed E-state index contributed by atoms with van der Waals surface area (Å²) in [5.74, 6) is -4.76. The second-order valence-corrected chi connectivity index (χ2v) is 12.2. The van der Waals surface area contributed by atoms with Crippen LogP contribution in [-0.4, -0.2) is 59.4 Å². The maximum Gasteiger partial charge on any atom is 0.416 e. The van der Waals surface area contributed by atoms with Gasteiger partial charge in [0.2, 0.25) is 5.91 Å². The number of halogens is 5. The molecule has 278 valence electrons. The molecule has 1 saturated heterocycles. The van der Waals surface area contributed by atoms with E-state index in [1.807, 2.05) is 0 Å². The number of aromatic nitrogens is 1. The van der Waals surface area contributed by atoms with E-state index < -0.39 is 121 Å². The standard InChI is InChI=1S/C41H40F5N3O3S/c1-27(28-10-12-29(13-11-28)30-14-16-32(17-15-30)41(44,45)46)49(33-18-20-47(21-19-33)22-23-52-2)38(51)25-48-36-9-4-3-7-34(36)37(50)24-39(48)53-26-31-6-5-8-35(42)40(31)43/h3-17,24,27,33H,18-23,25-26H2,1-2H3/i2D3,18D2,19D2,20D2,21D2,23D2,26D2,27D,33D. The van der Waals surface area contributed by atoms with Gasteiger partial charge in [0, 0.05) is 69.0 Å². The highest BCUT2D eigenvalue weighted by Gasteiger charge is 2.33. The minimum atomic E-state index is -4.68. The second-order valence-electron chi connectivity index (χ2n) is 11.4. The molecule has 6 nitrogen and oxygen atoms in total. The SMILES string of the molecule is [2H]C([2H])([2H])OC([2H])([2H])CN1C([2H])([2H])C([2H])([2H])C([2H])(N(C(=O)Cn2c(SC([2H])([2H])c3cccc(F)c3F)cc(=O)c3ccccc32)C([2H])(C)c2ccc(-c3ccc(C(F)(F)F)cc3)cc2)C([2H])([2H])C1([2H])[2H]. The molecule has 0 N–H and O–H groups in total. The van der Waals surface area contributed by atoms with E-state index in [1.165, 1.54) is 36.4 Å². The number of para-hydroxylation sites is 1. The number of alkyl halides is 3. The number of thioether (sulfide) groups is 1. The number of carbonyl (C=O) groups is 1. The van der Waals surface area contributed by atoms with Crippen LogP contribution in [0.15, 0.2) is 107 Å². The number of pyridine rings is 1. The third-order valence-corrected chi connectivity index (χ3v) is 8.93. The molecular formula is C41H40F5N3O3S. The van der Waals surface area contributed by atoms with Gasteiger partial charge in [-0.05, 0) is 66.7 Å². The highest BCUT2D eigenvalue weighted by Crippen LogP contribution is 2.34. The smallest absolute Gasteiger partial charge is 0.383 e. The Morgan fingerprint density at radius 2 is 1.72 bits per heavy atom. The number of amides is 1. The monoisotopic (exact) mass is 766 g/mol. The molecule has 6 rings (SSSR count). The van der Waals surface area contributed by atoms with Crippen LogP contribution in [0.5, 0.6) is 0 Å². The first kappa shape index (κ1) is 22.0. The number of nitrogens with zero attached hydrogens (tertiary/aromatic N) is 3. The summed E-state index contributed by atoms with van der Waals surface area (Å²) < 4.78 is 224. The number of rotatable bonds is 12. The number of methoxy groups -OCH3 is 1. The minimum Gasteiger partial charge on any atom is -0.383 e. The molecule has 0 bridgehead atoms. The van der Waals surface area contributed by atoms with E-state index in [0.29, 0.717) is 6.07 Å². The van der Waals surface area contributed by atoms with Crippen molar-refractivity contribution in [2.45, 2.75) is 55.2 Å². The maximum atomic E-state index is 15.5. The lowest BCUT2D eigenvalue weighted by atomic mass is 9.96. The van der Waals surface area contributed by atoms with Crippen LogP contribution in [0.2, 0.25) is 0 Å². The molecule has 1 aromatic heterocycles. The molecule has 4 aromatic carbocycles. The van der Waals surface area contributed by atoms with Gasteiger partial charge in [0.25, 0.3) is 0 Å². The van der Waals surface area contributed by atoms with Crippen LogP contribution in [0, 0.1) is 11.6 Å². The summed E-state index contributed by atoms with van der Waals surface area (Å²) in [5.41, 5.74) is -5.80. The van der Waals surface area contributed by atoms with Gasteiger partial charge < -0.3 is 19.1 Å².